The van der Waals surface area contributed by atoms with Crippen LogP contribution >= 0.6 is 0 Å². The van der Waals surface area contributed by atoms with E-state index in [1.807, 2.05) is 72.8 Å². The van der Waals surface area contributed by atoms with Crippen molar-refractivity contribution in [3.63, 3.8) is 0 Å². The second-order valence-corrected chi connectivity index (χ2v) is 21.4. The number of para-hydroxylation sites is 6. The number of aromatic nitrogens is 7. The summed E-state index contributed by atoms with van der Waals surface area (Å²) in [6.07, 6.45) is 0. The Morgan fingerprint density at radius 2 is 0.619 bits per heavy atom. The average Bonchev–Trinajstić information content (AvgIpc) is 3.60. The standard InChI is InChI=1S/C76H46N8/c77-47-51-24-19-37-72(84-68-36-18-12-30-59(68)61-46-53(40-43-70(61)84)82-65-33-15-9-27-56(65)57-28-10-16-34-66(57)82)73(51)62-44-50(76-79-74(48-20-3-1-4-21-48)78-75(80-76)49-22-5-2-6-23-49)38-41-71(62)83-67-35-17-11-29-58(67)60-45-52(39-42-69(60)83)81-63-31-13-7-25-54(63)55-26-8-14-32-64(55)81/h1-46H. The maximum atomic E-state index is 11.6. The first kappa shape index (κ1) is 47.2. The number of hydrogen-bond donors (Lipinski definition) is 0. The predicted octanol–water partition coefficient (Wildman–Crippen LogP) is 18.8. The molecule has 0 unspecified atom stereocenters. The number of benzene rings is 12. The van der Waals surface area contributed by atoms with E-state index < -0.39 is 0 Å². The maximum Gasteiger partial charge on any atom is 0.164 e. The quantitative estimate of drug-likeness (QED) is 0.152. The minimum absolute atomic E-state index is 0.513. The monoisotopic (exact) mass is 1070 g/mol. The highest BCUT2D eigenvalue weighted by Crippen LogP contribution is 2.45. The van der Waals surface area contributed by atoms with E-state index in [0.29, 0.717) is 23.0 Å². The van der Waals surface area contributed by atoms with Crippen LogP contribution < -0.4 is 0 Å². The van der Waals surface area contributed by atoms with Gasteiger partial charge in [0.25, 0.3) is 0 Å². The van der Waals surface area contributed by atoms with Crippen LogP contribution in [0.3, 0.4) is 0 Å². The van der Waals surface area contributed by atoms with Gasteiger partial charge in [-0.1, -0.05) is 176 Å². The molecule has 0 saturated carbocycles. The third kappa shape index (κ3) is 7.16. The molecule has 5 aromatic heterocycles. The Labute approximate surface area is 481 Å². The van der Waals surface area contributed by atoms with E-state index in [1.165, 1.54) is 21.5 Å². The number of nitrogens with zero attached hydrogens (tertiary/aromatic N) is 8. The third-order valence-corrected chi connectivity index (χ3v) is 16.9. The fraction of sp³-hybridized carbons (Fsp3) is 0. The van der Waals surface area contributed by atoms with Crippen molar-refractivity contribution in [3.05, 3.63) is 285 Å². The van der Waals surface area contributed by atoms with Crippen LogP contribution in [-0.4, -0.2) is 33.2 Å². The van der Waals surface area contributed by atoms with Gasteiger partial charge < -0.3 is 18.3 Å². The smallest absolute Gasteiger partial charge is 0.164 e. The topological polar surface area (TPSA) is 82.2 Å². The number of rotatable bonds is 8. The molecule has 84 heavy (non-hydrogen) atoms. The Bertz CT molecular complexity index is 5420. The SMILES string of the molecule is N#Cc1cccc(-n2c3ccccc3c3cc(-n4c5ccccc5c5ccccc54)ccc32)c1-c1cc(-c2nc(-c3ccccc3)nc(-c3ccccc3)n2)ccc1-n1c2ccccc2c2cc(-n3c4ccccc4c4ccccc43)ccc21. The van der Waals surface area contributed by atoms with Crippen LogP contribution in [0.25, 0.3) is 155 Å². The summed E-state index contributed by atoms with van der Waals surface area (Å²) in [7, 11) is 0. The van der Waals surface area contributed by atoms with Gasteiger partial charge >= 0.3 is 0 Å². The Hall–Kier alpha value is -11.7. The van der Waals surface area contributed by atoms with Crippen molar-refractivity contribution < 1.29 is 0 Å². The van der Waals surface area contributed by atoms with E-state index in [-0.39, 0.29) is 0 Å². The molecular weight excluding hydrogens is 1020 g/mol. The lowest BCUT2D eigenvalue weighted by molar-refractivity contribution is 1.07. The van der Waals surface area contributed by atoms with Crippen LogP contribution in [0.5, 0.6) is 0 Å². The van der Waals surface area contributed by atoms with Crippen LogP contribution in [-0.2, 0) is 0 Å². The zero-order valence-corrected chi connectivity index (χ0v) is 45.1. The van der Waals surface area contributed by atoms with Crippen LogP contribution in [0.1, 0.15) is 5.56 Å². The van der Waals surface area contributed by atoms with Crippen molar-refractivity contribution in [1.29, 1.82) is 5.26 Å². The summed E-state index contributed by atoms with van der Waals surface area (Å²) in [6, 6.07) is 101. The van der Waals surface area contributed by atoms with Crippen molar-refractivity contribution in [2.75, 3.05) is 0 Å². The molecule has 0 aliphatic heterocycles. The van der Waals surface area contributed by atoms with Gasteiger partial charge in [-0.15, -0.1) is 0 Å². The minimum atomic E-state index is 0.513. The summed E-state index contributed by atoms with van der Waals surface area (Å²) in [6.45, 7) is 0. The summed E-state index contributed by atoms with van der Waals surface area (Å²) >= 11 is 0. The van der Waals surface area contributed by atoms with E-state index in [0.717, 1.165) is 116 Å². The molecule has 17 aromatic rings. The normalized spacial score (nSPS) is 11.8. The van der Waals surface area contributed by atoms with Gasteiger partial charge in [0.05, 0.1) is 67.1 Å². The van der Waals surface area contributed by atoms with Gasteiger partial charge in [-0.25, -0.2) is 15.0 Å². The zero-order chi connectivity index (χ0) is 55.4. The van der Waals surface area contributed by atoms with E-state index in [4.69, 9.17) is 15.0 Å². The number of nitriles is 1. The molecule has 390 valence electrons. The zero-order valence-electron chi connectivity index (χ0n) is 45.1. The molecular formula is C76H46N8. The van der Waals surface area contributed by atoms with Crippen molar-refractivity contribution in [1.82, 2.24) is 33.2 Å². The first-order valence-corrected chi connectivity index (χ1v) is 28.2. The van der Waals surface area contributed by atoms with Crippen molar-refractivity contribution in [2.24, 2.45) is 0 Å². The molecule has 0 amide bonds. The highest BCUT2D eigenvalue weighted by molar-refractivity contribution is 6.15. The average molecular weight is 1070 g/mol. The molecule has 0 spiro atoms. The molecule has 0 aliphatic carbocycles. The Kier molecular flexibility index (Phi) is 10.5. The van der Waals surface area contributed by atoms with Crippen LogP contribution in [0.4, 0.5) is 0 Å². The van der Waals surface area contributed by atoms with Gasteiger partial charge in [0.15, 0.2) is 17.5 Å². The second kappa shape index (κ2) is 18.7. The van der Waals surface area contributed by atoms with Crippen molar-refractivity contribution in [3.8, 4) is 74.1 Å². The number of hydrogen-bond acceptors (Lipinski definition) is 4. The molecule has 0 bridgehead atoms. The largest absolute Gasteiger partial charge is 0.309 e. The fourth-order valence-electron chi connectivity index (χ4n) is 13.2. The summed E-state index contributed by atoms with van der Waals surface area (Å²) in [5, 5.41) is 20.8. The molecule has 0 aliphatic rings. The molecule has 12 aromatic carbocycles. The molecule has 0 N–H and O–H groups in total. The van der Waals surface area contributed by atoms with E-state index >= 15 is 0 Å². The highest BCUT2D eigenvalue weighted by Gasteiger charge is 2.26. The summed E-state index contributed by atoms with van der Waals surface area (Å²) in [4.78, 5) is 15.6. The molecule has 8 heteroatoms. The summed E-state index contributed by atoms with van der Waals surface area (Å²) in [5.41, 5.74) is 17.3. The van der Waals surface area contributed by atoms with Crippen molar-refractivity contribution in [2.45, 2.75) is 0 Å². The molecule has 0 atom stereocenters. The van der Waals surface area contributed by atoms with Gasteiger partial charge in [0.2, 0.25) is 0 Å². The Morgan fingerprint density at radius 1 is 0.262 bits per heavy atom. The van der Waals surface area contributed by atoms with E-state index in [2.05, 4.69) is 231 Å². The molecule has 5 heterocycles. The van der Waals surface area contributed by atoms with Crippen molar-refractivity contribution >= 4 is 87.2 Å². The van der Waals surface area contributed by atoms with Gasteiger partial charge in [-0.05, 0) is 103 Å². The maximum absolute atomic E-state index is 11.6. The molecule has 0 radical (unpaired) electrons. The first-order valence-electron chi connectivity index (χ1n) is 28.2. The molecule has 0 fully saturated rings. The van der Waals surface area contributed by atoms with Crippen LogP contribution in [0.15, 0.2) is 279 Å². The van der Waals surface area contributed by atoms with Crippen LogP contribution in [0, 0.1) is 11.3 Å². The van der Waals surface area contributed by atoms with Gasteiger partial charge in [-0.3, -0.25) is 0 Å². The minimum Gasteiger partial charge on any atom is -0.309 e. The molecule has 17 rings (SSSR count). The van der Waals surface area contributed by atoms with Gasteiger partial charge in [-0.2, -0.15) is 5.26 Å². The first-order chi connectivity index (χ1) is 41.6. The molecule has 0 saturated heterocycles. The Balaban J connectivity index is 0.942. The summed E-state index contributed by atoms with van der Waals surface area (Å²) in [5.74, 6) is 1.64. The lowest BCUT2D eigenvalue weighted by Crippen LogP contribution is -2.05. The fourth-order valence-corrected chi connectivity index (χ4v) is 13.2. The lowest BCUT2D eigenvalue weighted by Gasteiger charge is -2.21. The third-order valence-electron chi connectivity index (χ3n) is 16.9. The van der Waals surface area contributed by atoms with Gasteiger partial charge in [0.1, 0.15) is 0 Å². The lowest BCUT2D eigenvalue weighted by atomic mass is 9.94. The number of fused-ring (bicyclic) bond motifs is 12. The van der Waals surface area contributed by atoms with E-state index in [9.17, 15) is 5.26 Å². The highest BCUT2D eigenvalue weighted by atomic mass is 15.0. The predicted molar refractivity (Wildman–Crippen MR) is 344 cm³/mol. The second-order valence-electron chi connectivity index (χ2n) is 21.4. The molecule has 8 nitrogen and oxygen atoms in total. The van der Waals surface area contributed by atoms with E-state index in [1.54, 1.807) is 0 Å². The summed E-state index contributed by atoms with van der Waals surface area (Å²) < 4.78 is 9.48. The van der Waals surface area contributed by atoms with Gasteiger partial charge in [0, 0.05) is 82.3 Å². The Morgan fingerprint density at radius 3 is 1.05 bits per heavy atom. The van der Waals surface area contributed by atoms with Crippen LogP contribution in [0.2, 0.25) is 0 Å².